The maximum atomic E-state index is 7.26. The fraction of sp³-hybridized carbons (Fsp3) is 0.158. The van der Waals surface area contributed by atoms with Crippen molar-refractivity contribution in [3.8, 4) is 11.4 Å². The van der Waals surface area contributed by atoms with Gasteiger partial charge in [0.1, 0.15) is 0 Å². The second-order valence-electron chi connectivity index (χ2n) is 5.74. The van der Waals surface area contributed by atoms with Crippen LogP contribution < -0.4 is 11.1 Å². The Morgan fingerprint density at radius 2 is 1.96 bits per heavy atom. The van der Waals surface area contributed by atoms with Crippen LogP contribution in [-0.4, -0.2) is 21.5 Å². The highest BCUT2D eigenvalue weighted by atomic mass is 35.5. The molecule has 0 amide bonds. The first kappa shape index (κ1) is 19.2. The third-order valence-electron chi connectivity index (χ3n) is 3.71. The Labute approximate surface area is 167 Å². The molecule has 9 heteroatoms. The quantitative estimate of drug-likeness (QED) is 0.421. The van der Waals surface area contributed by atoms with Gasteiger partial charge >= 0.3 is 0 Å². The van der Waals surface area contributed by atoms with Gasteiger partial charge in [0.2, 0.25) is 5.69 Å². The number of hydrogen-bond acceptors (Lipinski definition) is 7. The summed E-state index contributed by atoms with van der Waals surface area (Å²) in [4.78, 5) is 16.3. The Balaban J connectivity index is 2.03. The molecule has 2 heterocycles. The summed E-state index contributed by atoms with van der Waals surface area (Å²) >= 11 is 5.93. The van der Waals surface area contributed by atoms with Gasteiger partial charge in [-0.25, -0.2) is 14.8 Å². The number of benzene rings is 1. The maximum absolute atomic E-state index is 7.26. The van der Waals surface area contributed by atoms with Gasteiger partial charge in [-0.1, -0.05) is 18.5 Å². The molecule has 3 rings (SSSR count). The molecule has 8 nitrogen and oxygen atoms in total. The van der Waals surface area contributed by atoms with Crippen LogP contribution in [0.1, 0.15) is 13.3 Å². The molecule has 0 unspecified atom stereocenters. The lowest BCUT2D eigenvalue weighted by atomic mass is 10.2. The van der Waals surface area contributed by atoms with E-state index in [1.807, 2.05) is 6.92 Å². The number of nitrogens with two attached hydrogens (primary N) is 1. The summed E-state index contributed by atoms with van der Waals surface area (Å²) in [6.45, 7) is 9.98. The number of rotatable bonds is 6. The fourth-order valence-corrected chi connectivity index (χ4v) is 2.51. The second-order valence-corrected chi connectivity index (χ2v) is 6.17. The molecular formula is C19H17ClN8. The summed E-state index contributed by atoms with van der Waals surface area (Å²) in [5.41, 5.74) is 7.94. The van der Waals surface area contributed by atoms with Crippen molar-refractivity contribution in [2.24, 2.45) is 10.2 Å². The molecule has 140 valence electrons. The SMILES string of the molecule is [C-]#[N+]c1cc(Cl)ccc1N=Nc1c(N)nc(-c2ccncc2)nc1NCCC. The largest absolute Gasteiger partial charge is 0.382 e. The summed E-state index contributed by atoms with van der Waals surface area (Å²) in [6, 6.07) is 8.41. The average Bonchev–Trinajstić information content (AvgIpc) is 2.72. The lowest BCUT2D eigenvalue weighted by Gasteiger charge is -2.11. The third-order valence-corrected chi connectivity index (χ3v) is 3.94. The molecule has 2 aromatic heterocycles. The van der Waals surface area contributed by atoms with Gasteiger partial charge in [0.05, 0.1) is 12.3 Å². The van der Waals surface area contributed by atoms with Gasteiger partial charge in [-0.3, -0.25) is 4.98 Å². The minimum absolute atomic E-state index is 0.183. The lowest BCUT2D eigenvalue weighted by Crippen LogP contribution is -2.06. The number of halogens is 1. The van der Waals surface area contributed by atoms with Gasteiger partial charge in [0.15, 0.2) is 23.1 Å². The van der Waals surface area contributed by atoms with Gasteiger partial charge in [-0.05, 0) is 36.8 Å². The number of nitrogens with one attached hydrogen (secondary N) is 1. The first-order valence-corrected chi connectivity index (χ1v) is 8.90. The third kappa shape index (κ3) is 4.39. The van der Waals surface area contributed by atoms with E-state index in [1.54, 1.807) is 36.7 Å². The zero-order valence-electron chi connectivity index (χ0n) is 15.1. The summed E-state index contributed by atoms with van der Waals surface area (Å²) in [7, 11) is 0. The van der Waals surface area contributed by atoms with E-state index in [9.17, 15) is 0 Å². The van der Waals surface area contributed by atoms with Crippen LogP contribution >= 0.6 is 11.6 Å². The highest BCUT2D eigenvalue weighted by Gasteiger charge is 2.14. The fourth-order valence-electron chi connectivity index (χ4n) is 2.34. The average molecular weight is 393 g/mol. The van der Waals surface area contributed by atoms with Gasteiger partial charge < -0.3 is 11.1 Å². The topological polar surface area (TPSA) is 106 Å². The van der Waals surface area contributed by atoms with E-state index in [1.165, 1.54) is 6.07 Å². The number of pyridine rings is 1. The van der Waals surface area contributed by atoms with Gasteiger partial charge in [0, 0.05) is 29.5 Å². The van der Waals surface area contributed by atoms with Crippen molar-refractivity contribution in [3.05, 3.63) is 59.2 Å². The highest BCUT2D eigenvalue weighted by Crippen LogP contribution is 2.36. The minimum Gasteiger partial charge on any atom is -0.382 e. The van der Waals surface area contributed by atoms with Gasteiger partial charge in [-0.15, -0.1) is 5.11 Å². The summed E-state index contributed by atoms with van der Waals surface area (Å²) in [5, 5.41) is 12.0. The molecule has 0 bridgehead atoms. The molecule has 0 fully saturated rings. The van der Waals surface area contributed by atoms with Crippen LogP contribution in [0.5, 0.6) is 0 Å². The molecule has 0 spiro atoms. The van der Waals surface area contributed by atoms with E-state index < -0.39 is 0 Å². The zero-order chi connectivity index (χ0) is 19.9. The molecule has 0 atom stereocenters. The van der Waals surface area contributed by atoms with Crippen LogP contribution in [0.2, 0.25) is 5.02 Å². The van der Waals surface area contributed by atoms with Crippen molar-refractivity contribution >= 4 is 40.3 Å². The Kier molecular flexibility index (Phi) is 6.09. The van der Waals surface area contributed by atoms with E-state index in [0.717, 1.165) is 12.0 Å². The van der Waals surface area contributed by atoms with Gasteiger partial charge in [-0.2, -0.15) is 5.11 Å². The Hall–Kier alpha value is -3.57. The van der Waals surface area contributed by atoms with Gasteiger partial charge in [0.25, 0.3) is 0 Å². The number of aromatic nitrogens is 3. The second kappa shape index (κ2) is 8.88. The molecule has 0 radical (unpaired) electrons. The molecule has 1 aromatic carbocycles. The molecule has 3 aromatic rings. The van der Waals surface area contributed by atoms with Crippen LogP contribution in [0.25, 0.3) is 16.2 Å². The van der Waals surface area contributed by atoms with E-state index in [0.29, 0.717) is 40.3 Å². The van der Waals surface area contributed by atoms with Crippen LogP contribution in [-0.2, 0) is 0 Å². The lowest BCUT2D eigenvalue weighted by molar-refractivity contribution is 0.964. The molecular weight excluding hydrogens is 376 g/mol. The molecule has 28 heavy (non-hydrogen) atoms. The standard InChI is InChI=1S/C19H17ClN8/c1-3-8-24-19-16(28-27-14-5-4-13(20)11-15(14)22-2)17(21)25-18(26-19)12-6-9-23-10-7-12/h4-7,9-11H,3,8H2,1H3,(H3,21,24,25,26). The molecule has 0 saturated heterocycles. The smallest absolute Gasteiger partial charge is 0.215 e. The van der Waals surface area contributed by atoms with Crippen LogP contribution in [0.15, 0.2) is 53.0 Å². The molecule has 0 aliphatic carbocycles. The monoisotopic (exact) mass is 392 g/mol. The van der Waals surface area contributed by atoms with Crippen molar-refractivity contribution in [1.29, 1.82) is 0 Å². The number of hydrogen-bond donors (Lipinski definition) is 2. The minimum atomic E-state index is 0.183. The van der Waals surface area contributed by atoms with Crippen LogP contribution in [0.3, 0.4) is 0 Å². The van der Waals surface area contributed by atoms with Crippen molar-refractivity contribution in [3.63, 3.8) is 0 Å². The summed E-state index contributed by atoms with van der Waals surface area (Å²) < 4.78 is 0. The normalized spacial score (nSPS) is 10.8. The van der Waals surface area contributed by atoms with E-state index in [4.69, 9.17) is 23.9 Å². The number of azo groups is 1. The molecule has 0 aliphatic rings. The van der Waals surface area contributed by atoms with E-state index >= 15 is 0 Å². The predicted octanol–water partition coefficient (Wildman–Crippen LogP) is 5.56. The van der Waals surface area contributed by atoms with Crippen LogP contribution in [0, 0.1) is 6.57 Å². The number of anilines is 2. The molecule has 0 aliphatic heterocycles. The zero-order valence-corrected chi connectivity index (χ0v) is 15.9. The Morgan fingerprint density at radius 1 is 1.18 bits per heavy atom. The predicted molar refractivity (Wildman–Crippen MR) is 110 cm³/mol. The summed E-state index contributed by atoms with van der Waals surface area (Å²) in [5.74, 6) is 1.12. The van der Waals surface area contributed by atoms with E-state index in [-0.39, 0.29) is 5.82 Å². The molecule has 0 saturated carbocycles. The van der Waals surface area contributed by atoms with Crippen molar-refractivity contribution < 1.29 is 0 Å². The highest BCUT2D eigenvalue weighted by molar-refractivity contribution is 6.31. The Morgan fingerprint density at radius 3 is 2.68 bits per heavy atom. The maximum Gasteiger partial charge on any atom is 0.215 e. The van der Waals surface area contributed by atoms with E-state index in [2.05, 4.69) is 35.3 Å². The first-order valence-electron chi connectivity index (χ1n) is 8.53. The van der Waals surface area contributed by atoms with Crippen molar-refractivity contribution in [2.75, 3.05) is 17.6 Å². The summed E-state index contributed by atoms with van der Waals surface area (Å²) in [6.07, 6.45) is 4.21. The van der Waals surface area contributed by atoms with Crippen molar-refractivity contribution in [2.45, 2.75) is 13.3 Å². The number of nitrogen functional groups attached to an aromatic ring is 1. The molecule has 3 N–H and O–H groups in total. The number of nitrogens with zero attached hydrogens (tertiary/aromatic N) is 6. The van der Waals surface area contributed by atoms with Crippen molar-refractivity contribution in [1.82, 2.24) is 15.0 Å². The first-order chi connectivity index (χ1) is 13.6. The van der Waals surface area contributed by atoms with Crippen LogP contribution in [0.4, 0.5) is 28.7 Å². The Bertz CT molecular complexity index is 1040.